The average Bonchev–Trinajstić information content (AvgIpc) is 2.91. The largest absolute Gasteiger partial charge is 0.478 e. The lowest BCUT2D eigenvalue weighted by Crippen LogP contribution is -2.11. The molecule has 0 aliphatic rings. The molecular weight excluding hydrogens is 496 g/mol. The third-order valence-corrected chi connectivity index (χ3v) is 4.76. The fourth-order valence-electron chi connectivity index (χ4n) is 2.81. The van der Waals surface area contributed by atoms with Gasteiger partial charge in [0.2, 0.25) is 0 Å². The maximum atomic E-state index is 11.4. The van der Waals surface area contributed by atoms with Gasteiger partial charge in [0.25, 0.3) is 0 Å². The van der Waals surface area contributed by atoms with Gasteiger partial charge in [0.15, 0.2) is 0 Å². The molecular formula is C28H30O10. The van der Waals surface area contributed by atoms with Gasteiger partial charge in [-0.05, 0) is 61.4 Å². The van der Waals surface area contributed by atoms with E-state index in [-0.39, 0.29) is 37.6 Å². The second-order valence-electron chi connectivity index (χ2n) is 7.54. The van der Waals surface area contributed by atoms with Crippen LogP contribution in [0.1, 0.15) is 52.6 Å². The quantitative estimate of drug-likeness (QED) is 0.319. The van der Waals surface area contributed by atoms with Crippen LogP contribution in [0.15, 0.2) is 72.8 Å². The summed E-state index contributed by atoms with van der Waals surface area (Å²) >= 11 is 0. The first-order chi connectivity index (χ1) is 18.1. The number of aliphatic hydroxyl groups excluding tert-OH is 2. The van der Waals surface area contributed by atoms with E-state index in [1.807, 2.05) is 12.1 Å². The van der Waals surface area contributed by atoms with Crippen LogP contribution in [0.2, 0.25) is 0 Å². The van der Waals surface area contributed by atoms with Crippen LogP contribution in [-0.2, 0) is 9.47 Å². The number of carbonyl (C=O) groups excluding carboxylic acids is 2. The van der Waals surface area contributed by atoms with Crippen LogP contribution >= 0.6 is 0 Å². The van der Waals surface area contributed by atoms with Crippen molar-refractivity contribution in [2.75, 3.05) is 26.4 Å². The first-order valence-corrected chi connectivity index (χ1v) is 11.4. The van der Waals surface area contributed by atoms with E-state index >= 15 is 0 Å². The van der Waals surface area contributed by atoms with Crippen LogP contribution in [0.4, 0.5) is 0 Å². The SMILES string of the molecule is Cc1ccccc1C(=O)O.Cc1ccccc1C(=O)O.O=C(OCCO)c1ccc(C(=O)OCCO)cc1. The summed E-state index contributed by atoms with van der Waals surface area (Å²) in [6.07, 6.45) is 0. The maximum absolute atomic E-state index is 11.4. The Balaban J connectivity index is 0.000000307. The number of carboxylic acids is 2. The number of carboxylic acid groups (broad SMARTS) is 2. The van der Waals surface area contributed by atoms with Crippen LogP contribution in [0.3, 0.4) is 0 Å². The molecule has 3 aromatic carbocycles. The van der Waals surface area contributed by atoms with Crippen molar-refractivity contribution in [3.63, 3.8) is 0 Å². The zero-order valence-electron chi connectivity index (χ0n) is 21.0. The number of hydrogen-bond acceptors (Lipinski definition) is 8. The van der Waals surface area contributed by atoms with E-state index in [1.165, 1.54) is 24.3 Å². The molecule has 4 N–H and O–H groups in total. The van der Waals surface area contributed by atoms with Gasteiger partial charge in [-0.15, -0.1) is 0 Å². The molecule has 0 spiro atoms. The lowest BCUT2D eigenvalue weighted by atomic mass is 10.1. The van der Waals surface area contributed by atoms with Gasteiger partial charge in [0, 0.05) is 0 Å². The van der Waals surface area contributed by atoms with Gasteiger partial charge in [0.05, 0.1) is 35.5 Å². The van der Waals surface area contributed by atoms with Crippen LogP contribution in [-0.4, -0.2) is 70.7 Å². The Morgan fingerprint density at radius 3 is 1.13 bits per heavy atom. The van der Waals surface area contributed by atoms with Gasteiger partial charge in [0.1, 0.15) is 13.2 Å². The number of hydrogen-bond donors (Lipinski definition) is 4. The topological polar surface area (TPSA) is 168 Å². The molecule has 202 valence electrons. The van der Waals surface area contributed by atoms with Crippen molar-refractivity contribution in [3.8, 4) is 0 Å². The number of esters is 2. The Morgan fingerprint density at radius 2 is 0.895 bits per heavy atom. The monoisotopic (exact) mass is 526 g/mol. The Kier molecular flexibility index (Phi) is 14.1. The summed E-state index contributed by atoms with van der Waals surface area (Å²) in [5.41, 5.74) is 2.92. The predicted octanol–water partition coefficient (Wildman–Crippen LogP) is 3.37. The Hall–Kier alpha value is -4.54. The lowest BCUT2D eigenvalue weighted by molar-refractivity contribution is 0.0422. The Labute approximate surface area is 219 Å². The zero-order valence-corrected chi connectivity index (χ0v) is 21.0. The van der Waals surface area contributed by atoms with E-state index in [0.717, 1.165) is 11.1 Å². The second kappa shape index (κ2) is 17.0. The number of ether oxygens (including phenoxy) is 2. The van der Waals surface area contributed by atoms with Gasteiger partial charge in [-0.3, -0.25) is 0 Å². The minimum Gasteiger partial charge on any atom is -0.478 e. The summed E-state index contributed by atoms with van der Waals surface area (Å²) < 4.78 is 9.41. The van der Waals surface area contributed by atoms with Crippen LogP contribution in [0.5, 0.6) is 0 Å². The molecule has 3 aromatic rings. The number of aryl methyl sites for hydroxylation is 2. The summed E-state index contributed by atoms with van der Waals surface area (Å²) in [7, 11) is 0. The third-order valence-electron chi connectivity index (χ3n) is 4.76. The number of benzene rings is 3. The lowest BCUT2D eigenvalue weighted by Gasteiger charge is -2.05. The van der Waals surface area contributed by atoms with Crippen LogP contribution in [0.25, 0.3) is 0 Å². The molecule has 10 nitrogen and oxygen atoms in total. The highest BCUT2D eigenvalue weighted by molar-refractivity contribution is 5.93. The number of aromatic carboxylic acids is 2. The molecule has 38 heavy (non-hydrogen) atoms. The Bertz CT molecular complexity index is 1110. The van der Waals surface area contributed by atoms with E-state index in [9.17, 15) is 19.2 Å². The van der Waals surface area contributed by atoms with Gasteiger partial charge >= 0.3 is 23.9 Å². The molecule has 0 aliphatic carbocycles. The second-order valence-corrected chi connectivity index (χ2v) is 7.54. The molecule has 0 bridgehead atoms. The first-order valence-electron chi connectivity index (χ1n) is 11.4. The maximum Gasteiger partial charge on any atom is 0.338 e. The number of rotatable bonds is 8. The standard InChI is InChI=1S/C12H14O6.2C8H8O2/c13-5-7-17-11(15)9-1-2-10(4-3-9)12(16)18-8-6-14;2*1-6-4-2-3-5-7(6)8(9)10/h1-4,13-14H,5-8H2;2*2-5H,1H3,(H,9,10). The predicted molar refractivity (Wildman–Crippen MR) is 137 cm³/mol. The highest BCUT2D eigenvalue weighted by Crippen LogP contribution is 2.08. The fourth-order valence-corrected chi connectivity index (χ4v) is 2.81. The molecule has 0 fully saturated rings. The van der Waals surface area contributed by atoms with E-state index in [0.29, 0.717) is 11.1 Å². The van der Waals surface area contributed by atoms with Crippen LogP contribution in [0, 0.1) is 13.8 Å². The van der Waals surface area contributed by atoms with Crippen LogP contribution < -0.4 is 0 Å². The van der Waals surface area contributed by atoms with E-state index in [2.05, 4.69) is 0 Å². The van der Waals surface area contributed by atoms with Gasteiger partial charge < -0.3 is 29.9 Å². The number of carbonyl (C=O) groups is 4. The molecule has 0 amide bonds. The minimum atomic E-state index is -0.863. The highest BCUT2D eigenvalue weighted by atomic mass is 16.5. The van der Waals surface area contributed by atoms with E-state index in [4.69, 9.17) is 29.9 Å². The first kappa shape index (κ1) is 31.5. The molecule has 0 atom stereocenters. The fraction of sp³-hybridized carbons (Fsp3) is 0.214. The average molecular weight is 527 g/mol. The van der Waals surface area contributed by atoms with E-state index < -0.39 is 23.9 Å². The smallest absolute Gasteiger partial charge is 0.338 e. The molecule has 0 aromatic heterocycles. The number of aliphatic hydroxyl groups is 2. The summed E-state index contributed by atoms with van der Waals surface area (Å²) in [4.78, 5) is 43.6. The van der Waals surface area contributed by atoms with Crippen molar-refractivity contribution in [3.05, 3.63) is 106 Å². The van der Waals surface area contributed by atoms with Gasteiger partial charge in [-0.25, -0.2) is 19.2 Å². The van der Waals surface area contributed by atoms with Crippen molar-refractivity contribution in [1.82, 2.24) is 0 Å². The summed E-state index contributed by atoms with van der Waals surface area (Å²) in [5, 5.41) is 34.1. The van der Waals surface area contributed by atoms with Crippen molar-refractivity contribution in [2.45, 2.75) is 13.8 Å². The zero-order chi connectivity index (χ0) is 28.5. The molecule has 0 unspecified atom stereocenters. The molecule has 0 aliphatic heterocycles. The molecule has 10 heteroatoms. The molecule has 0 saturated heterocycles. The highest BCUT2D eigenvalue weighted by Gasteiger charge is 2.10. The normalized spacial score (nSPS) is 9.58. The van der Waals surface area contributed by atoms with Crippen molar-refractivity contribution < 1.29 is 49.1 Å². The summed E-state index contributed by atoms with van der Waals surface area (Å²) in [5.74, 6) is -2.87. The van der Waals surface area contributed by atoms with Crippen molar-refractivity contribution in [1.29, 1.82) is 0 Å². The third kappa shape index (κ3) is 11.0. The molecule has 0 saturated carbocycles. The van der Waals surface area contributed by atoms with Gasteiger partial charge in [-0.1, -0.05) is 36.4 Å². The Morgan fingerprint density at radius 1 is 0.579 bits per heavy atom. The summed E-state index contributed by atoms with van der Waals surface area (Å²) in [6.45, 7) is 2.94. The van der Waals surface area contributed by atoms with Gasteiger partial charge in [-0.2, -0.15) is 0 Å². The van der Waals surface area contributed by atoms with Crippen molar-refractivity contribution >= 4 is 23.9 Å². The van der Waals surface area contributed by atoms with Crippen molar-refractivity contribution in [2.24, 2.45) is 0 Å². The minimum absolute atomic E-state index is 0.0703. The molecule has 0 heterocycles. The van der Waals surface area contributed by atoms with E-state index in [1.54, 1.807) is 50.2 Å². The summed E-state index contributed by atoms with van der Waals surface area (Å²) in [6, 6.07) is 19.5. The molecule has 0 radical (unpaired) electrons. The molecule has 3 rings (SSSR count).